The Morgan fingerprint density at radius 2 is 1.03 bits per heavy atom. The van der Waals surface area contributed by atoms with Crippen molar-refractivity contribution in [1.29, 1.82) is 0 Å². The Kier molecular flexibility index (Phi) is 11.9. The Morgan fingerprint density at radius 1 is 0.574 bits per heavy atom. The van der Waals surface area contributed by atoms with Gasteiger partial charge in [0.2, 0.25) is 0 Å². The van der Waals surface area contributed by atoms with Gasteiger partial charge in [-0.1, -0.05) is 100 Å². The van der Waals surface area contributed by atoms with Crippen LogP contribution in [0.4, 0.5) is 0 Å². The number of para-hydroxylation sites is 4. The molecule has 0 saturated heterocycles. The molecule has 308 valence electrons. The lowest BCUT2D eigenvalue weighted by molar-refractivity contribution is 0.281. The minimum atomic E-state index is 0.0395. The normalized spacial score (nSPS) is 11.4. The number of rotatable bonds is 8. The van der Waals surface area contributed by atoms with Crippen LogP contribution in [0.3, 0.4) is 0 Å². The quantitative estimate of drug-likeness (QED) is 0.0800. The van der Waals surface area contributed by atoms with Gasteiger partial charge in [-0.15, -0.1) is 0 Å². The molecule has 0 aliphatic heterocycles. The number of nitrogens with zero attached hydrogens (tertiary/aromatic N) is 4. The predicted octanol–water partition coefficient (Wildman–Crippen LogP) is 10.5. The first-order valence-electron chi connectivity index (χ1n) is 20.7. The van der Waals surface area contributed by atoms with E-state index in [0.29, 0.717) is 12.1 Å². The van der Waals surface area contributed by atoms with E-state index in [1.807, 2.05) is 87.5 Å². The number of fused-ring (bicyclic) bond motifs is 4. The summed E-state index contributed by atoms with van der Waals surface area (Å²) in [6.07, 6.45) is 0. The number of benzene rings is 6. The fourth-order valence-electron chi connectivity index (χ4n) is 7.52. The van der Waals surface area contributed by atoms with E-state index in [2.05, 4.69) is 116 Å². The standard InChI is InChI=1S/C25H25N5.C22H18N4O.C3H9N/c1-15(2)26-14-18-7-6-8-19(16(18)3)17-11-12-21-20(13-17)24(30-29-21)25-27-22-9-4-5-10-23(22)28-25;1-13-15(12-27)5-4-6-16(13)14-9-10-18-17(11-14)21(26-25-18)22-23-19-7-2-3-8-20(19)24-22;1-3(2)4/h4-13,15,26H,14H2,1-3H3,(H,27,28)(H,29,30);2-11,27H,12H2,1H3,(H,23,24)(H,25,26);3H,4H2,1-2H3. The third kappa shape index (κ3) is 8.71. The largest absolute Gasteiger partial charge is 0.392 e. The van der Waals surface area contributed by atoms with Crippen molar-refractivity contribution in [2.75, 3.05) is 0 Å². The van der Waals surface area contributed by atoms with Gasteiger partial charge in [0.15, 0.2) is 11.6 Å². The highest BCUT2D eigenvalue weighted by Crippen LogP contribution is 2.34. The number of aliphatic hydroxyl groups is 1. The van der Waals surface area contributed by atoms with Crippen molar-refractivity contribution in [3.8, 4) is 45.3 Å². The molecule has 0 amide bonds. The number of nitrogens with two attached hydrogens (primary N) is 1. The highest BCUT2D eigenvalue weighted by Gasteiger charge is 2.16. The number of nitrogens with one attached hydrogen (secondary N) is 5. The molecule has 0 fully saturated rings. The highest BCUT2D eigenvalue weighted by molar-refractivity contribution is 5.97. The number of hydrogen-bond donors (Lipinski definition) is 7. The van der Waals surface area contributed by atoms with E-state index >= 15 is 0 Å². The van der Waals surface area contributed by atoms with Gasteiger partial charge in [0.05, 0.1) is 39.7 Å². The zero-order valence-corrected chi connectivity index (χ0v) is 35.4. The Bertz CT molecular complexity index is 3020. The summed E-state index contributed by atoms with van der Waals surface area (Å²) >= 11 is 0. The van der Waals surface area contributed by atoms with E-state index in [1.54, 1.807) is 0 Å². The van der Waals surface area contributed by atoms with Crippen LogP contribution in [0.25, 0.3) is 89.2 Å². The van der Waals surface area contributed by atoms with Crippen LogP contribution in [-0.2, 0) is 13.2 Å². The first-order chi connectivity index (χ1) is 29.6. The van der Waals surface area contributed by atoms with Crippen LogP contribution in [0, 0.1) is 13.8 Å². The molecule has 10 rings (SSSR count). The second-order valence-corrected chi connectivity index (χ2v) is 16.0. The average molecular weight is 809 g/mol. The molecule has 6 aromatic carbocycles. The minimum Gasteiger partial charge on any atom is -0.392 e. The maximum Gasteiger partial charge on any atom is 0.159 e. The second kappa shape index (κ2) is 17.7. The Hall–Kier alpha value is -6.92. The SMILES string of the molecule is CC(C)N.Cc1c(CNC(C)C)cccc1-c1ccc2[nH]nc(-c3nc4ccccc4[nH]3)c2c1.Cc1c(CO)cccc1-c1ccc2[nH]nc(-c3nc4ccccc4[nH]3)c2c1. The lowest BCUT2D eigenvalue weighted by Gasteiger charge is -2.14. The van der Waals surface area contributed by atoms with Gasteiger partial charge in [0, 0.05) is 23.4 Å². The molecule has 11 heteroatoms. The molecule has 0 saturated carbocycles. The van der Waals surface area contributed by atoms with E-state index in [0.717, 1.165) is 95.7 Å². The van der Waals surface area contributed by atoms with Gasteiger partial charge < -0.3 is 26.1 Å². The van der Waals surface area contributed by atoms with Gasteiger partial charge in [0.25, 0.3) is 0 Å². The van der Waals surface area contributed by atoms with Crippen LogP contribution in [0.5, 0.6) is 0 Å². The fraction of sp³-hybridized carbons (Fsp3) is 0.200. The molecule has 0 atom stereocenters. The van der Waals surface area contributed by atoms with Gasteiger partial charge >= 0.3 is 0 Å². The smallest absolute Gasteiger partial charge is 0.159 e. The van der Waals surface area contributed by atoms with Gasteiger partial charge in [-0.25, -0.2) is 9.97 Å². The number of aromatic amines is 4. The van der Waals surface area contributed by atoms with Crippen LogP contribution in [0.1, 0.15) is 49.9 Å². The van der Waals surface area contributed by atoms with Crippen molar-refractivity contribution >= 4 is 43.9 Å². The molecule has 0 radical (unpaired) electrons. The molecule has 4 aromatic heterocycles. The molecule has 61 heavy (non-hydrogen) atoms. The molecule has 0 unspecified atom stereocenters. The number of H-pyrrole nitrogens is 4. The number of hydrogen-bond acceptors (Lipinski definition) is 7. The van der Waals surface area contributed by atoms with Crippen molar-refractivity contribution in [2.45, 2.75) is 66.8 Å². The maximum atomic E-state index is 9.56. The van der Waals surface area contributed by atoms with E-state index in [-0.39, 0.29) is 6.61 Å². The van der Waals surface area contributed by atoms with Crippen LogP contribution in [-0.4, -0.2) is 57.5 Å². The van der Waals surface area contributed by atoms with E-state index < -0.39 is 0 Å². The van der Waals surface area contributed by atoms with Crippen LogP contribution >= 0.6 is 0 Å². The first kappa shape index (κ1) is 40.8. The Morgan fingerprint density at radius 3 is 1.49 bits per heavy atom. The first-order valence-corrected chi connectivity index (χ1v) is 20.7. The van der Waals surface area contributed by atoms with E-state index in [4.69, 9.17) is 10.7 Å². The molecule has 4 heterocycles. The van der Waals surface area contributed by atoms with Crippen molar-refractivity contribution in [3.05, 3.63) is 144 Å². The van der Waals surface area contributed by atoms with Gasteiger partial charge in [-0.3, -0.25) is 10.2 Å². The topological polar surface area (TPSA) is 173 Å². The maximum absolute atomic E-state index is 9.56. The number of aromatic nitrogens is 8. The van der Waals surface area contributed by atoms with Gasteiger partial charge in [-0.2, -0.15) is 10.2 Å². The molecule has 8 N–H and O–H groups in total. The lowest BCUT2D eigenvalue weighted by atomic mass is 9.95. The van der Waals surface area contributed by atoms with Crippen LogP contribution < -0.4 is 11.1 Å². The molecular weight excluding hydrogens is 757 g/mol. The molecular formula is C50H52N10O. The zero-order chi connectivity index (χ0) is 42.6. The monoisotopic (exact) mass is 808 g/mol. The lowest BCUT2D eigenvalue weighted by Crippen LogP contribution is -2.22. The summed E-state index contributed by atoms with van der Waals surface area (Å²) in [7, 11) is 0. The van der Waals surface area contributed by atoms with Crippen molar-refractivity contribution in [3.63, 3.8) is 0 Å². The number of imidazole rings is 2. The van der Waals surface area contributed by atoms with Crippen molar-refractivity contribution in [2.24, 2.45) is 5.73 Å². The van der Waals surface area contributed by atoms with Crippen LogP contribution in [0.2, 0.25) is 0 Å². The summed E-state index contributed by atoms with van der Waals surface area (Å²) in [5.41, 5.74) is 21.9. The summed E-state index contributed by atoms with van der Waals surface area (Å²) in [4.78, 5) is 16.2. The minimum absolute atomic E-state index is 0.0395. The molecule has 0 bridgehead atoms. The Balaban J connectivity index is 0.000000156. The summed E-state index contributed by atoms with van der Waals surface area (Å²) in [6.45, 7) is 13.4. The predicted molar refractivity (Wildman–Crippen MR) is 250 cm³/mol. The number of aliphatic hydroxyl groups excluding tert-OH is 1. The van der Waals surface area contributed by atoms with Crippen LogP contribution in [0.15, 0.2) is 121 Å². The molecule has 0 aliphatic carbocycles. The Labute approximate surface area is 354 Å². The summed E-state index contributed by atoms with van der Waals surface area (Å²) < 4.78 is 0. The molecule has 11 nitrogen and oxygen atoms in total. The van der Waals surface area contributed by atoms with Gasteiger partial charge in [-0.05, 0) is 113 Å². The van der Waals surface area contributed by atoms with E-state index in [9.17, 15) is 5.11 Å². The third-order valence-electron chi connectivity index (χ3n) is 10.7. The highest BCUT2D eigenvalue weighted by atomic mass is 16.3. The van der Waals surface area contributed by atoms with Crippen molar-refractivity contribution < 1.29 is 5.11 Å². The van der Waals surface area contributed by atoms with E-state index in [1.165, 1.54) is 22.3 Å². The molecule has 0 aliphatic rings. The average Bonchev–Trinajstić information content (AvgIpc) is 4.07. The summed E-state index contributed by atoms with van der Waals surface area (Å²) in [5.74, 6) is 1.53. The van der Waals surface area contributed by atoms with Gasteiger partial charge in [0.1, 0.15) is 11.4 Å². The third-order valence-corrected chi connectivity index (χ3v) is 10.7. The molecule has 10 aromatic rings. The summed E-state index contributed by atoms with van der Waals surface area (Å²) in [5, 5.41) is 30.5. The zero-order valence-electron chi connectivity index (χ0n) is 35.4. The second-order valence-electron chi connectivity index (χ2n) is 16.0. The summed E-state index contributed by atoms with van der Waals surface area (Å²) in [6, 6.07) is 42.1. The fourth-order valence-corrected chi connectivity index (χ4v) is 7.52. The van der Waals surface area contributed by atoms with Crippen molar-refractivity contribution in [1.82, 2.24) is 45.6 Å². The molecule has 0 spiro atoms.